The van der Waals surface area contributed by atoms with E-state index >= 15 is 0 Å². The Hall–Kier alpha value is -2.79. The summed E-state index contributed by atoms with van der Waals surface area (Å²) in [7, 11) is 0.551. The van der Waals surface area contributed by atoms with E-state index < -0.39 is 14.4 Å². The number of aliphatic hydroxyl groups is 1. The molecule has 8 heteroatoms. The Morgan fingerprint density at radius 2 is 1.12 bits per heavy atom. The predicted molar refractivity (Wildman–Crippen MR) is 203 cm³/mol. The number of methoxy groups -OCH3 is 2. The van der Waals surface area contributed by atoms with Crippen LogP contribution in [0.1, 0.15) is 57.3 Å². The minimum Gasteiger partial charge on any atom is -0.407 e. The molecule has 4 atom stereocenters. The van der Waals surface area contributed by atoms with E-state index in [1.54, 1.807) is 26.0 Å². The van der Waals surface area contributed by atoms with Crippen LogP contribution in [0, 0.1) is 0 Å². The summed E-state index contributed by atoms with van der Waals surface area (Å²) in [6.07, 6.45) is 1.14. The number of hydrogen-bond acceptors (Lipinski definition) is 7. The van der Waals surface area contributed by atoms with E-state index in [2.05, 4.69) is 118 Å². The SMILES string of the molecule is COCO[C@@H](CCO[Si](c1ccccc1)(c1ccccc1)C(C)(C)C)C[C@H](C[C@H](O)CC(Sc1ccccc1)c1ccccc1)OCOC. The van der Waals surface area contributed by atoms with Crippen molar-refractivity contribution in [1.82, 2.24) is 0 Å². The molecule has 0 bridgehead atoms. The van der Waals surface area contributed by atoms with Crippen LogP contribution in [0.4, 0.5) is 0 Å². The summed E-state index contributed by atoms with van der Waals surface area (Å²) in [6, 6.07) is 42.1. The molecule has 264 valence electrons. The molecule has 0 aliphatic heterocycles. The van der Waals surface area contributed by atoms with E-state index in [4.69, 9.17) is 23.4 Å². The Balaban J connectivity index is 1.49. The van der Waals surface area contributed by atoms with E-state index in [0.29, 0.717) is 32.3 Å². The molecule has 4 rings (SSSR count). The topological polar surface area (TPSA) is 66.4 Å². The molecule has 1 unspecified atom stereocenters. The van der Waals surface area contributed by atoms with Gasteiger partial charge in [0.15, 0.2) is 0 Å². The largest absolute Gasteiger partial charge is 0.407 e. The van der Waals surface area contributed by atoms with Crippen molar-refractivity contribution >= 4 is 30.5 Å². The molecule has 49 heavy (non-hydrogen) atoms. The summed E-state index contributed by atoms with van der Waals surface area (Å²) in [5.74, 6) is 0. The first-order chi connectivity index (χ1) is 23.8. The predicted octanol–water partition coefficient (Wildman–Crippen LogP) is 8.00. The van der Waals surface area contributed by atoms with Crippen molar-refractivity contribution in [2.75, 3.05) is 34.4 Å². The summed E-state index contributed by atoms with van der Waals surface area (Å²) < 4.78 is 30.2. The average molecular weight is 703 g/mol. The van der Waals surface area contributed by atoms with Gasteiger partial charge in [0, 0.05) is 37.4 Å². The summed E-state index contributed by atoms with van der Waals surface area (Å²) in [4.78, 5) is 1.17. The highest BCUT2D eigenvalue weighted by Crippen LogP contribution is 2.40. The first kappa shape index (κ1) is 39.0. The molecule has 4 aromatic carbocycles. The van der Waals surface area contributed by atoms with Gasteiger partial charge in [-0.15, -0.1) is 11.8 Å². The van der Waals surface area contributed by atoms with E-state index in [1.807, 2.05) is 24.3 Å². The maximum atomic E-state index is 11.5. The van der Waals surface area contributed by atoms with Gasteiger partial charge in [0.05, 0.1) is 18.3 Å². The van der Waals surface area contributed by atoms with Gasteiger partial charge in [-0.3, -0.25) is 0 Å². The molecule has 6 nitrogen and oxygen atoms in total. The molecular weight excluding hydrogens is 649 g/mol. The van der Waals surface area contributed by atoms with Crippen LogP contribution in [-0.4, -0.2) is 66.1 Å². The summed E-state index contributed by atoms with van der Waals surface area (Å²) in [6.45, 7) is 7.65. The normalized spacial score (nSPS) is 14.7. The fourth-order valence-electron chi connectivity index (χ4n) is 6.46. The summed E-state index contributed by atoms with van der Waals surface area (Å²) in [5, 5.41) is 14.0. The van der Waals surface area contributed by atoms with Gasteiger partial charge in [-0.2, -0.15) is 0 Å². The van der Waals surface area contributed by atoms with Crippen molar-refractivity contribution in [3.05, 3.63) is 127 Å². The Morgan fingerprint density at radius 1 is 0.633 bits per heavy atom. The van der Waals surface area contributed by atoms with Gasteiger partial charge in [-0.1, -0.05) is 130 Å². The second kappa shape index (κ2) is 20.2. The highest BCUT2D eigenvalue weighted by molar-refractivity contribution is 7.99. The van der Waals surface area contributed by atoms with Gasteiger partial charge >= 0.3 is 0 Å². The van der Waals surface area contributed by atoms with Crippen LogP contribution in [0.15, 0.2) is 126 Å². The Kier molecular flexibility index (Phi) is 16.0. The molecule has 0 aliphatic rings. The van der Waals surface area contributed by atoms with Crippen LogP contribution >= 0.6 is 11.8 Å². The molecular formula is C41H54O6SSi. The Morgan fingerprint density at radius 3 is 1.63 bits per heavy atom. The quantitative estimate of drug-likeness (QED) is 0.0537. The van der Waals surface area contributed by atoms with Crippen LogP contribution in [0.2, 0.25) is 5.04 Å². The minimum atomic E-state index is -2.70. The molecule has 0 aliphatic carbocycles. The molecule has 0 amide bonds. The second-order valence-electron chi connectivity index (χ2n) is 13.4. The molecule has 0 spiro atoms. The van der Waals surface area contributed by atoms with Crippen LogP contribution in [0.5, 0.6) is 0 Å². The average Bonchev–Trinajstić information content (AvgIpc) is 3.12. The zero-order valence-electron chi connectivity index (χ0n) is 29.7. The monoisotopic (exact) mass is 702 g/mol. The highest BCUT2D eigenvalue weighted by Gasteiger charge is 2.50. The van der Waals surface area contributed by atoms with Gasteiger partial charge in [-0.25, -0.2) is 0 Å². The van der Waals surface area contributed by atoms with Gasteiger partial charge in [0.2, 0.25) is 0 Å². The third-order valence-corrected chi connectivity index (χ3v) is 15.1. The maximum Gasteiger partial charge on any atom is 0.261 e. The van der Waals surface area contributed by atoms with Crippen molar-refractivity contribution in [3.8, 4) is 0 Å². The molecule has 0 saturated heterocycles. The van der Waals surface area contributed by atoms with Gasteiger partial charge in [0.25, 0.3) is 8.32 Å². The molecule has 0 aromatic heterocycles. The van der Waals surface area contributed by atoms with Crippen molar-refractivity contribution in [2.45, 2.75) is 80.0 Å². The zero-order chi connectivity index (χ0) is 35.0. The lowest BCUT2D eigenvalue weighted by atomic mass is 9.98. The lowest BCUT2D eigenvalue weighted by Gasteiger charge is -2.43. The number of benzene rings is 4. The standard InChI is InChI=1S/C41H54O6SSi/c1-41(2,3)49(38-22-14-8-15-23-38,39-24-16-9-17-25-39)47-27-26-35(45-31-43-4)30-36(46-32-44-5)28-34(42)29-40(33-18-10-6-11-19-33)48-37-20-12-7-13-21-37/h6-25,34-36,40,42H,26-32H2,1-5H3/t34-,35-,36-,40?/m0/s1. The van der Waals surface area contributed by atoms with Crippen molar-refractivity contribution in [1.29, 1.82) is 0 Å². The van der Waals surface area contributed by atoms with E-state index in [9.17, 15) is 5.11 Å². The number of hydrogen-bond donors (Lipinski definition) is 1. The molecule has 4 aromatic rings. The lowest BCUT2D eigenvalue weighted by molar-refractivity contribution is -0.124. The van der Waals surface area contributed by atoms with Crippen LogP contribution < -0.4 is 10.4 Å². The minimum absolute atomic E-state index is 0.0852. The first-order valence-electron chi connectivity index (χ1n) is 17.2. The van der Waals surface area contributed by atoms with Crippen LogP contribution in [0.25, 0.3) is 0 Å². The first-order valence-corrected chi connectivity index (χ1v) is 20.0. The second-order valence-corrected chi connectivity index (χ2v) is 19.0. The summed E-state index contributed by atoms with van der Waals surface area (Å²) >= 11 is 1.77. The van der Waals surface area contributed by atoms with Crippen molar-refractivity contribution in [2.24, 2.45) is 0 Å². The molecule has 0 radical (unpaired) electrons. The van der Waals surface area contributed by atoms with Crippen LogP contribution in [0.3, 0.4) is 0 Å². The van der Waals surface area contributed by atoms with Crippen molar-refractivity contribution < 1.29 is 28.5 Å². The fourth-order valence-corrected chi connectivity index (χ4v) is 12.3. The molecule has 1 N–H and O–H groups in total. The lowest BCUT2D eigenvalue weighted by Crippen LogP contribution is -2.66. The Labute approximate surface area is 299 Å². The molecule has 0 fully saturated rings. The highest BCUT2D eigenvalue weighted by atomic mass is 32.2. The fraction of sp³-hybridized carbons (Fsp3) is 0.415. The van der Waals surface area contributed by atoms with E-state index in [1.165, 1.54) is 20.8 Å². The smallest absolute Gasteiger partial charge is 0.261 e. The van der Waals surface area contributed by atoms with Crippen molar-refractivity contribution in [3.63, 3.8) is 0 Å². The molecule has 0 saturated carbocycles. The number of thioether (sulfide) groups is 1. The van der Waals surface area contributed by atoms with Gasteiger partial charge < -0.3 is 28.5 Å². The van der Waals surface area contributed by atoms with E-state index in [0.717, 1.165) is 0 Å². The number of rotatable bonds is 21. The third-order valence-electron chi connectivity index (χ3n) is 8.76. The number of ether oxygens (including phenoxy) is 4. The van der Waals surface area contributed by atoms with Gasteiger partial charge in [0.1, 0.15) is 13.6 Å². The Bertz CT molecular complexity index is 1400. The number of aliphatic hydroxyl groups excluding tert-OH is 1. The maximum absolute atomic E-state index is 11.5. The summed E-state index contributed by atoms with van der Waals surface area (Å²) in [5.41, 5.74) is 1.19. The molecule has 0 heterocycles. The van der Waals surface area contributed by atoms with E-state index in [-0.39, 0.29) is 36.1 Å². The zero-order valence-corrected chi connectivity index (χ0v) is 31.5. The van der Waals surface area contributed by atoms with Gasteiger partial charge in [-0.05, 0) is 52.4 Å². The third kappa shape index (κ3) is 11.6. The van der Waals surface area contributed by atoms with Crippen LogP contribution in [-0.2, 0) is 23.4 Å².